The van der Waals surface area contributed by atoms with Crippen LogP contribution in [0.3, 0.4) is 0 Å². The molecule has 0 spiro atoms. The number of carbonyl (C=O) groups is 2. The van der Waals surface area contributed by atoms with Crippen molar-refractivity contribution < 1.29 is 23.1 Å². The van der Waals surface area contributed by atoms with Gasteiger partial charge in [0.1, 0.15) is 6.04 Å². The van der Waals surface area contributed by atoms with E-state index in [1.54, 1.807) is 7.05 Å². The van der Waals surface area contributed by atoms with Crippen molar-refractivity contribution >= 4 is 21.9 Å². The zero-order chi connectivity index (χ0) is 18.3. The summed E-state index contributed by atoms with van der Waals surface area (Å²) >= 11 is 0. The zero-order valence-electron chi connectivity index (χ0n) is 14.2. The van der Waals surface area contributed by atoms with Crippen LogP contribution < -0.4 is 4.72 Å². The fraction of sp³-hybridized carbons (Fsp3) is 0.500. The molecule has 0 aliphatic carbocycles. The summed E-state index contributed by atoms with van der Waals surface area (Å²) in [5.74, 6) is -1.51. The van der Waals surface area contributed by atoms with Crippen molar-refractivity contribution in [1.82, 2.24) is 9.62 Å². The van der Waals surface area contributed by atoms with Crippen molar-refractivity contribution in [1.29, 1.82) is 0 Å². The predicted octanol–water partition coefficient (Wildman–Crippen LogP) is 1.70. The topological polar surface area (TPSA) is 104 Å². The third-order valence-electron chi connectivity index (χ3n) is 3.65. The van der Waals surface area contributed by atoms with E-state index in [0.29, 0.717) is 13.0 Å². The SMILES string of the molecule is CCCC[C@H](NS(=O)(=O)c1cccc(C(=O)N(C)CC)c1)C(=O)O. The first-order valence-corrected chi connectivity index (χ1v) is 9.31. The number of rotatable bonds is 9. The molecule has 0 radical (unpaired) electrons. The Morgan fingerprint density at radius 1 is 1.29 bits per heavy atom. The van der Waals surface area contributed by atoms with Crippen molar-refractivity contribution in [2.75, 3.05) is 13.6 Å². The molecule has 1 aromatic rings. The van der Waals surface area contributed by atoms with Gasteiger partial charge in [-0.3, -0.25) is 9.59 Å². The average molecular weight is 356 g/mol. The van der Waals surface area contributed by atoms with E-state index in [-0.39, 0.29) is 22.8 Å². The van der Waals surface area contributed by atoms with Gasteiger partial charge in [0.05, 0.1) is 4.90 Å². The zero-order valence-corrected chi connectivity index (χ0v) is 15.0. The van der Waals surface area contributed by atoms with Crippen LogP contribution >= 0.6 is 0 Å². The van der Waals surface area contributed by atoms with E-state index in [9.17, 15) is 18.0 Å². The van der Waals surface area contributed by atoms with Gasteiger partial charge < -0.3 is 10.0 Å². The van der Waals surface area contributed by atoms with Crippen molar-refractivity contribution in [3.63, 3.8) is 0 Å². The Kier molecular flexibility index (Phi) is 7.37. The molecule has 0 aliphatic rings. The molecule has 0 unspecified atom stereocenters. The second kappa shape index (κ2) is 8.79. The molecule has 7 nitrogen and oxygen atoms in total. The standard InChI is InChI=1S/C16H24N2O5S/c1-4-6-10-14(16(20)21)17-24(22,23)13-9-7-8-12(11-13)15(19)18(3)5-2/h7-9,11,14,17H,4-6,10H2,1-3H3,(H,20,21)/t14-/m0/s1. The number of nitrogens with zero attached hydrogens (tertiary/aromatic N) is 1. The number of carboxylic acids is 1. The first-order chi connectivity index (χ1) is 11.2. The molecular weight excluding hydrogens is 332 g/mol. The largest absolute Gasteiger partial charge is 0.480 e. The Morgan fingerprint density at radius 2 is 1.96 bits per heavy atom. The van der Waals surface area contributed by atoms with Crippen molar-refractivity contribution in [2.45, 2.75) is 44.0 Å². The first kappa shape index (κ1) is 20.1. The van der Waals surface area contributed by atoms with Gasteiger partial charge in [0.25, 0.3) is 5.91 Å². The first-order valence-electron chi connectivity index (χ1n) is 7.83. The monoisotopic (exact) mass is 356 g/mol. The van der Waals surface area contributed by atoms with E-state index >= 15 is 0 Å². The molecule has 24 heavy (non-hydrogen) atoms. The molecule has 0 saturated heterocycles. The number of aliphatic carboxylic acids is 1. The number of carbonyl (C=O) groups excluding carboxylic acids is 1. The number of sulfonamides is 1. The Bertz CT molecular complexity index is 687. The third kappa shape index (κ3) is 5.31. The summed E-state index contributed by atoms with van der Waals surface area (Å²) in [5.41, 5.74) is 0.239. The fourth-order valence-electron chi connectivity index (χ4n) is 2.06. The molecule has 1 atom stereocenters. The van der Waals surface area contributed by atoms with E-state index in [1.807, 2.05) is 13.8 Å². The number of unbranched alkanes of at least 4 members (excludes halogenated alkanes) is 1. The van der Waals surface area contributed by atoms with Gasteiger partial charge in [0, 0.05) is 19.2 Å². The van der Waals surface area contributed by atoms with Gasteiger partial charge in [-0.1, -0.05) is 25.8 Å². The van der Waals surface area contributed by atoms with Gasteiger partial charge in [0.15, 0.2) is 0 Å². The minimum absolute atomic E-state index is 0.124. The van der Waals surface area contributed by atoms with Crippen LogP contribution in [0.15, 0.2) is 29.2 Å². The third-order valence-corrected chi connectivity index (χ3v) is 5.12. The minimum Gasteiger partial charge on any atom is -0.480 e. The molecule has 1 amide bonds. The highest BCUT2D eigenvalue weighted by Crippen LogP contribution is 2.15. The van der Waals surface area contributed by atoms with Crippen LogP contribution in [-0.4, -0.2) is 49.9 Å². The van der Waals surface area contributed by atoms with E-state index in [2.05, 4.69) is 4.72 Å². The second-order valence-electron chi connectivity index (χ2n) is 5.50. The molecule has 0 aromatic heterocycles. The Labute approximate surface area is 142 Å². The number of hydrogen-bond donors (Lipinski definition) is 2. The van der Waals surface area contributed by atoms with Gasteiger partial charge >= 0.3 is 5.97 Å². The summed E-state index contributed by atoms with van der Waals surface area (Å²) in [6, 6.07) is 4.40. The van der Waals surface area contributed by atoms with Crippen molar-refractivity contribution in [3.05, 3.63) is 29.8 Å². The van der Waals surface area contributed by atoms with Crippen LogP contribution in [0.4, 0.5) is 0 Å². The summed E-state index contributed by atoms with van der Waals surface area (Å²) in [5, 5.41) is 9.17. The van der Waals surface area contributed by atoms with E-state index in [0.717, 1.165) is 6.42 Å². The number of benzene rings is 1. The summed E-state index contributed by atoms with van der Waals surface area (Å²) in [4.78, 5) is 24.7. The molecule has 8 heteroatoms. The fourth-order valence-corrected chi connectivity index (χ4v) is 3.33. The van der Waals surface area contributed by atoms with Crippen LogP contribution in [0, 0.1) is 0 Å². The highest BCUT2D eigenvalue weighted by Gasteiger charge is 2.25. The highest BCUT2D eigenvalue weighted by atomic mass is 32.2. The maximum Gasteiger partial charge on any atom is 0.321 e. The number of carboxylic acid groups (broad SMARTS) is 1. The molecule has 0 fully saturated rings. The highest BCUT2D eigenvalue weighted by molar-refractivity contribution is 7.89. The number of nitrogens with one attached hydrogen (secondary N) is 1. The lowest BCUT2D eigenvalue weighted by Crippen LogP contribution is -2.40. The van der Waals surface area contributed by atoms with Gasteiger partial charge in [-0.05, 0) is 31.5 Å². The summed E-state index contributed by atoms with van der Waals surface area (Å²) in [7, 11) is -2.41. The minimum atomic E-state index is -4.02. The van der Waals surface area contributed by atoms with Gasteiger partial charge in [-0.15, -0.1) is 0 Å². The molecule has 0 heterocycles. The van der Waals surface area contributed by atoms with E-state index < -0.39 is 22.0 Å². The maximum atomic E-state index is 12.4. The van der Waals surface area contributed by atoms with Crippen LogP contribution in [-0.2, 0) is 14.8 Å². The Hall–Kier alpha value is -1.93. The van der Waals surface area contributed by atoms with Crippen molar-refractivity contribution in [3.8, 4) is 0 Å². The lowest BCUT2D eigenvalue weighted by molar-refractivity contribution is -0.139. The molecule has 134 valence electrons. The van der Waals surface area contributed by atoms with Gasteiger partial charge in [-0.2, -0.15) is 4.72 Å². The Balaban J connectivity index is 3.06. The molecule has 1 rings (SSSR count). The lowest BCUT2D eigenvalue weighted by atomic mass is 10.1. The Morgan fingerprint density at radius 3 is 2.50 bits per heavy atom. The van der Waals surface area contributed by atoms with E-state index in [4.69, 9.17) is 5.11 Å². The van der Waals surface area contributed by atoms with Gasteiger partial charge in [-0.25, -0.2) is 8.42 Å². The molecule has 0 saturated carbocycles. The molecule has 0 aliphatic heterocycles. The summed E-state index contributed by atoms with van der Waals surface area (Å²) in [6.07, 6.45) is 1.57. The summed E-state index contributed by atoms with van der Waals surface area (Å²) in [6.45, 7) is 4.20. The van der Waals surface area contributed by atoms with Crippen LogP contribution in [0.1, 0.15) is 43.5 Å². The molecule has 2 N–H and O–H groups in total. The smallest absolute Gasteiger partial charge is 0.321 e. The summed E-state index contributed by atoms with van der Waals surface area (Å²) < 4.78 is 27.1. The number of amides is 1. The molecule has 0 bridgehead atoms. The van der Waals surface area contributed by atoms with Gasteiger partial charge in [0.2, 0.25) is 10.0 Å². The van der Waals surface area contributed by atoms with Crippen LogP contribution in [0.2, 0.25) is 0 Å². The molecule has 1 aromatic carbocycles. The second-order valence-corrected chi connectivity index (χ2v) is 7.22. The van der Waals surface area contributed by atoms with Crippen LogP contribution in [0.25, 0.3) is 0 Å². The van der Waals surface area contributed by atoms with Crippen molar-refractivity contribution in [2.24, 2.45) is 0 Å². The quantitative estimate of drug-likeness (QED) is 0.701. The predicted molar refractivity (Wildman–Crippen MR) is 90.3 cm³/mol. The normalized spacial score (nSPS) is 12.6. The lowest BCUT2D eigenvalue weighted by Gasteiger charge is -2.16. The van der Waals surface area contributed by atoms with Crippen LogP contribution in [0.5, 0.6) is 0 Å². The molecular formula is C16H24N2O5S. The number of hydrogen-bond acceptors (Lipinski definition) is 4. The van der Waals surface area contributed by atoms with E-state index in [1.165, 1.54) is 29.2 Å². The average Bonchev–Trinajstić information content (AvgIpc) is 2.57. The maximum absolute atomic E-state index is 12.4.